The Morgan fingerprint density at radius 1 is 1.50 bits per heavy atom. The Morgan fingerprint density at radius 3 is 2.62 bits per heavy atom. The van der Waals surface area contributed by atoms with Gasteiger partial charge in [0.1, 0.15) is 7.85 Å². The van der Waals surface area contributed by atoms with Crippen LogP contribution in [0.25, 0.3) is 0 Å². The maximum Gasteiger partial charge on any atom is 0.107 e. The smallest absolute Gasteiger partial charge is 0.107 e. The predicted molar refractivity (Wildman–Crippen MR) is 35.8 cm³/mol. The van der Waals surface area contributed by atoms with E-state index in [0.29, 0.717) is 5.82 Å². The van der Waals surface area contributed by atoms with Gasteiger partial charge in [-0.05, 0) is 13.0 Å². The van der Waals surface area contributed by atoms with E-state index in [-0.39, 0.29) is 6.10 Å². The van der Waals surface area contributed by atoms with Crippen molar-refractivity contribution < 1.29 is 5.11 Å². The van der Waals surface area contributed by atoms with Gasteiger partial charge in [-0.2, -0.15) is 0 Å². The molecule has 2 atom stereocenters. The molecule has 0 bridgehead atoms. The highest BCUT2D eigenvalue weighted by atomic mass is 16.3. The normalized spacial score (nSPS) is 39.6. The highest BCUT2D eigenvalue weighted by Crippen LogP contribution is 2.10. The van der Waals surface area contributed by atoms with Crippen molar-refractivity contribution in [1.82, 2.24) is 5.32 Å². The molecular formula is C5H12BNO. The van der Waals surface area contributed by atoms with E-state index < -0.39 is 0 Å². The van der Waals surface area contributed by atoms with Crippen molar-refractivity contribution in [2.24, 2.45) is 0 Å². The van der Waals surface area contributed by atoms with Gasteiger partial charge < -0.3 is 10.4 Å². The Kier molecular flexibility index (Phi) is 1.92. The first-order valence-corrected chi connectivity index (χ1v) is 3.18. The summed E-state index contributed by atoms with van der Waals surface area (Å²) in [6, 6.07) is 0. The summed E-state index contributed by atoms with van der Waals surface area (Å²) in [6.45, 7) is 1.85. The van der Waals surface area contributed by atoms with Crippen LogP contribution in [0.5, 0.6) is 0 Å². The van der Waals surface area contributed by atoms with Crippen molar-refractivity contribution >= 4 is 7.85 Å². The third kappa shape index (κ3) is 1.49. The lowest BCUT2D eigenvalue weighted by atomic mass is 9.81. The molecule has 1 aliphatic rings. The summed E-state index contributed by atoms with van der Waals surface area (Å²) >= 11 is 0. The molecule has 2 nitrogen and oxygen atoms in total. The molecule has 1 rings (SSSR count). The zero-order chi connectivity index (χ0) is 5.98. The van der Waals surface area contributed by atoms with Gasteiger partial charge >= 0.3 is 0 Å². The number of piperidine rings is 1. The number of hydrogen-bond donors (Lipinski definition) is 2. The van der Waals surface area contributed by atoms with Crippen LogP contribution in [-0.2, 0) is 0 Å². The zero-order valence-electron chi connectivity index (χ0n) is 5.22. The molecule has 0 aromatic heterocycles. The maximum absolute atomic E-state index is 9.02. The summed E-state index contributed by atoms with van der Waals surface area (Å²) in [5.74, 6) is 0.652. The van der Waals surface area contributed by atoms with Gasteiger partial charge in [-0.25, -0.2) is 0 Å². The molecule has 0 aliphatic carbocycles. The molecule has 0 radical (unpaired) electrons. The van der Waals surface area contributed by atoms with Crippen LogP contribution >= 0.6 is 0 Å². The van der Waals surface area contributed by atoms with Crippen molar-refractivity contribution in [3.05, 3.63) is 0 Å². The fraction of sp³-hybridized carbons (Fsp3) is 1.00. The largest absolute Gasteiger partial charge is 0.392 e. The second-order valence-electron chi connectivity index (χ2n) is 2.65. The lowest BCUT2D eigenvalue weighted by Gasteiger charge is -2.23. The Morgan fingerprint density at radius 2 is 2.25 bits per heavy atom. The number of aliphatic hydroxyl groups excluding tert-OH is 1. The molecule has 3 heteroatoms. The fourth-order valence-electron chi connectivity index (χ4n) is 1.13. The quantitative estimate of drug-likeness (QED) is 0.385. The molecular weight excluding hydrogens is 101 g/mol. The van der Waals surface area contributed by atoms with Crippen LogP contribution in [0.15, 0.2) is 0 Å². The molecule has 8 heavy (non-hydrogen) atoms. The molecule has 1 aliphatic heterocycles. The minimum atomic E-state index is -0.0984. The van der Waals surface area contributed by atoms with Gasteiger partial charge in [-0.3, -0.25) is 0 Å². The Balaban J connectivity index is 2.23. The molecule has 0 aromatic rings. The zero-order valence-corrected chi connectivity index (χ0v) is 5.22. The molecule has 0 aromatic carbocycles. The minimum absolute atomic E-state index is 0.0984. The fourth-order valence-corrected chi connectivity index (χ4v) is 1.13. The van der Waals surface area contributed by atoms with Crippen molar-refractivity contribution in [3.63, 3.8) is 0 Å². The molecule has 2 unspecified atom stereocenters. The van der Waals surface area contributed by atoms with Crippen molar-refractivity contribution in [2.75, 3.05) is 13.1 Å². The van der Waals surface area contributed by atoms with Gasteiger partial charge in [-0.15, -0.1) is 0 Å². The van der Waals surface area contributed by atoms with Gasteiger partial charge in [-0.1, -0.05) is 5.82 Å². The average molecular weight is 113 g/mol. The van der Waals surface area contributed by atoms with E-state index in [9.17, 15) is 0 Å². The molecule has 1 saturated heterocycles. The monoisotopic (exact) mass is 113 g/mol. The van der Waals surface area contributed by atoms with Crippen molar-refractivity contribution in [3.8, 4) is 0 Å². The molecule has 0 spiro atoms. The van der Waals surface area contributed by atoms with E-state index in [4.69, 9.17) is 5.11 Å². The third-order valence-electron chi connectivity index (χ3n) is 1.55. The first-order valence-electron chi connectivity index (χ1n) is 3.18. The van der Waals surface area contributed by atoms with Gasteiger partial charge in [0.2, 0.25) is 0 Å². The van der Waals surface area contributed by atoms with Crippen molar-refractivity contribution in [2.45, 2.75) is 18.3 Å². The summed E-state index contributed by atoms with van der Waals surface area (Å²) in [6.07, 6.45) is 0.867. The summed E-state index contributed by atoms with van der Waals surface area (Å²) < 4.78 is 0. The maximum atomic E-state index is 9.02. The molecule has 0 amide bonds. The third-order valence-corrected chi connectivity index (χ3v) is 1.55. The van der Waals surface area contributed by atoms with Gasteiger partial charge in [0.05, 0.1) is 6.10 Å². The van der Waals surface area contributed by atoms with Crippen LogP contribution in [0.1, 0.15) is 6.42 Å². The summed E-state index contributed by atoms with van der Waals surface area (Å²) in [5.41, 5.74) is 0. The first-order chi connectivity index (χ1) is 3.79. The number of hydrogen-bond acceptors (Lipinski definition) is 2. The minimum Gasteiger partial charge on any atom is -0.392 e. The molecule has 2 N–H and O–H groups in total. The van der Waals surface area contributed by atoms with Crippen LogP contribution in [0.3, 0.4) is 0 Å². The number of β-amino-alcohol motifs (C(OH)–C–C–N with tert-alkyl or cyclic N) is 1. The molecule has 0 saturated carbocycles. The Bertz CT molecular complexity index is 70.8. The van der Waals surface area contributed by atoms with E-state index in [2.05, 4.69) is 13.2 Å². The van der Waals surface area contributed by atoms with E-state index in [1.54, 1.807) is 0 Å². The van der Waals surface area contributed by atoms with Crippen LogP contribution in [0.2, 0.25) is 5.82 Å². The highest BCUT2D eigenvalue weighted by molar-refractivity contribution is 6.11. The molecule has 1 heterocycles. The first kappa shape index (κ1) is 6.11. The van der Waals surface area contributed by atoms with Crippen LogP contribution < -0.4 is 5.32 Å². The lowest BCUT2D eigenvalue weighted by Crippen LogP contribution is -2.36. The predicted octanol–water partition coefficient (Wildman–Crippen LogP) is -1.24. The average Bonchev–Trinajstić information content (AvgIpc) is 1.64. The molecule has 1 fully saturated rings. The Hall–Kier alpha value is -0.0151. The number of rotatable bonds is 0. The van der Waals surface area contributed by atoms with E-state index in [1.165, 1.54) is 0 Å². The Labute approximate surface area is 50.7 Å². The summed E-state index contributed by atoms with van der Waals surface area (Å²) in [5, 5.41) is 12.2. The van der Waals surface area contributed by atoms with E-state index >= 15 is 0 Å². The van der Waals surface area contributed by atoms with Crippen molar-refractivity contribution in [1.29, 1.82) is 0 Å². The van der Waals surface area contributed by atoms with E-state index in [1.807, 2.05) is 0 Å². The van der Waals surface area contributed by atoms with Gasteiger partial charge in [0, 0.05) is 6.54 Å². The van der Waals surface area contributed by atoms with E-state index in [0.717, 1.165) is 19.5 Å². The second kappa shape index (κ2) is 2.51. The second-order valence-corrected chi connectivity index (χ2v) is 2.65. The van der Waals surface area contributed by atoms with Gasteiger partial charge in [0.15, 0.2) is 0 Å². The molecule has 46 valence electrons. The van der Waals surface area contributed by atoms with Crippen LogP contribution in [0.4, 0.5) is 0 Å². The van der Waals surface area contributed by atoms with Crippen LogP contribution in [-0.4, -0.2) is 32.1 Å². The highest BCUT2D eigenvalue weighted by Gasteiger charge is 2.14. The lowest BCUT2D eigenvalue weighted by molar-refractivity contribution is 0.143. The van der Waals surface area contributed by atoms with Gasteiger partial charge in [0.25, 0.3) is 0 Å². The standard InChI is InChI=1S/C5H12BNO/c6-4-1-5(8)3-7-2-4/h4-5,7-8H,1-3,6H2. The van der Waals surface area contributed by atoms with Crippen LogP contribution in [0, 0.1) is 0 Å². The SMILES string of the molecule is BC1CNCC(O)C1. The number of nitrogens with one attached hydrogen (secondary N) is 1. The number of aliphatic hydroxyl groups is 1. The topological polar surface area (TPSA) is 32.3 Å². The summed E-state index contributed by atoms with van der Waals surface area (Å²) in [7, 11) is 2.15. The summed E-state index contributed by atoms with van der Waals surface area (Å²) in [4.78, 5) is 0.